The average Bonchev–Trinajstić information content (AvgIpc) is 3.23. The van der Waals surface area contributed by atoms with Gasteiger partial charge in [-0.2, -0.15) is 0 Å². The average molecular weight is 273 g/mol. The third kappa shape index (κ3) is 4.44. The smallest absolute Gasteiger partial charge is 0.328 e. The van der Waals surface area contributed by atoms with Crippen LogP contribution < -0.4 is 5.32 Å². The number of hydrogen-bond donors (Lipinski definition) is 1. The van der Waals surface area contributed by atoms with Gasteiger partial charge in [0.2, 0.25) is 0 Å². The largest absolute Gasteiger partial charge is 0.468 e. The SMILES string of the molecule is CCCNC(COC(C)COC)(C(=O)OC)C1CC1. The van der Waals surface area contributed by atoms with E-state index in [4.69, 9.17) is 14.2 Å². The van der Waals surface area contributed by atoms with Crippen molar-refractivity contribution in [3.05, 3.63) is 0 Å². The molecule has 0 aliphatic heterocycles. The van der Waals surface area contributed by atoms with E-state index < -0.39 is 5.54 Å². The highest BCUT2D eigenvalue weighted by molar-refractivity contribution is 5.82. The van der Waals surface area contributed by atoms with E-state index in [9.17, 15) is 4.79 Å². The summed E-state index contributed by atoms with van der Waals surface area (Å²) in [5, 5.41) is 3.35. The number of esters is 1. The van der Waals surface area contributed by atoms with E-state index in [2.05, 4.69) is 12.2 Å². The van der Waals surface area contributed by atoms with E-state index >= 15 is 0 Å². The molecule has 0 aromatic rings. The van der Waals surface area contributed by atoms with Gasteiger partial charge in [0.05, 0.1) is 26.4 Å². The molecule has 5 heteroatoms. The molecular formula is C14H27NO4. The van der Waals surface area contributed by atoms with Crippen molar-refractivity contribution in [2.45, 2.75) is 44.8 Å². The molecule has 0 aromatic heterocycles. The summed E-state index contributed by atoms with van der Waals surface area (Å²) in [6.45, 7) is 5.67. The second-order valence-electron chi connectivity index (χ2n) is 5.24. The molecule has 1 aliphatic rings. The third-order valence-corrected chi connectivity index (χ3v) is 3.51. The van der Waals surface area contributed by atoms with Crippen molar-refractivity contribution < 1.29 is 19.0 Å². The molecule has 1 saturated carbocycles. The quantitative estimate of drug-likeness (QED) is 0.609. The van der Waals surface area contributed by atoms with Crippen LogP contribution in [0.1, 0.15) is 33.1 Å². The molecule has 1 fully saturated rings. The maximum absolute atomic E-state index is 12.2. The predicted molar refractivity (Wildman–Crippen MR) is 73.1 cm³/mol. The second kappa shape index (κ2) is 7.82. The molecule has 0 saturated heterocycles. The Labute approximate surface area is 116 Å². The molecule has 0 amide bonds. The summed E-state index contributed by atoms with van der Waals surface area (Å²) in [5.74, 6) is 0.106. The van der Waals surface area contributed by atoms with Crippen molar-refractivity contribution in [1.82, 2.24) is 5.32 Å². The number of methoxy groups -OCH3 is 2. The summed E-state index contributed by atoms with van der Waals surface area (Å²) in [4.78, 5) is 12.2. The van der Waals surface area contributed by atoms with Crippen LogP contribution in [0.5, 0.6) is 0 Å². The highest BCUT2D eigenvalue weighted by Gasteiger charge is 2.52. The topological polar surface area (TPSA) is 56.8 Å². The Morgan fingerprint density at radius 1 is 1.42 bits per heavy atom. The van der Waals surface area contributed by atoms with Crippen LogP contribution >= 0.6 is 0 Å². The summed E-state index contributed by atoms with van der Waals surface area (Å²) in [6, 6.07) is 0. The van der Waals surface area contributed by atoms with Crippen molar-refractivity contribution in [1.29, 1.82) is 0 Å². The first kappa shape index (κ1) is 16.4. The molecule has 112 valence electrons. The maximum Gasteiger partial charge on any atom is 0.328 e. The number of nitrogens with one attached hydrogen (secondary N) is 1. The van der Waals surface area contributed by atoms with Gasteiger partial charge in [-0.3, -0.25) is 5.32 Å². The zero-order valence-corrected chi connectivity index (χ0v) is 12.5. The first-order chi connectivity index (χ1) is 9.10. The van der Waals surface area contributed by atoms with Crippen LogP contribution in [0.4, 0.5) is 0 Å². The van der Waals surface area contributed by atoms with E-state index in [-0.39, 0.29) is 12.1 Å². The monoisotopic (exact) mass is 273 g/mol. The molecule has 0 radical (unpaired) electrons. The summed E-state index contributed by atoms with van der Waals surface area (Å²) >= 11 is 0. The lowest BCUT2D eigenvalue weighted by Gasteiger charge is -2.33. The van der Waals surface area contributed by atoms with E-state index in [0.717, 1.165) is 25.8 Å². The normalized spacial score (nSPS) is 19.8. The minimum atomic E-state index is -0.688. The van der Waals surface area contributed by atoms with Crippen LogP contribution in [0, 0.1) is 5.92 Å². The van der Waals surface area contributed by atoms with Crippen LogP contribution in [0.15, 0.2) is 0 Å². The van der Waals surface area contributed by atoms with E-state index in [1.807, 2.05) is 6.92 Å². The fourth-order valence-electron chi connectivity index (χ4n) is 2.27. The van der Waals surface area contributed by atoms with Gasteiger partial charge in [0.25, 0.3) is 0 Å². The molecule has 1 rings (SSSR count). The Balaban J connectivity index is 2.68. The first-order valence-corrected chi connectivity index (χ1v) is 7.04. The van der Waals surface area contributed by atoms with E-state index in [1.165, 1.54) is 7.11 Å². The highest BCUT2D eigenvalue weighted by atomic mass is 16.5. The third-order valence-electron chi connectivity index (χ3n) is 3.51. The number of carbonyl (C=O) groups excluding carboxylic acids is 1. The van der Waals surface area contributed by atoms with Gasteiger partial charge in [-0.05, 0) is 38.6 Å². The fraction of sp³-hybridized carbons (Fsp3) is 0.929. The van der Waals surface area contributed by atoms with Crippen molar-refractivity contribution in [3.8, 4) is 0 Å². The Bertz CT molecular complexity index is 281. The van der Waals surface area contributed by atoms with E-state index in [1.54, 1.807) is 7.11 Å². The molecule has 1 aliphatic carbocycles. The lowest BCUT2D eigenvalue weighted by atomic mass is 9.93. The van der Waals surface area contributed by atoms with Crippen LogP contribution in [0.25, 0.3) is 0 Å². The lowest BCUT2D eigenvalue weighted by Crippen LogP contribution is -2.58. The standard InChI is InChI=1S/C14H27NO4/c1-5-8-15-14(12-6-7-12,13(16)18-4)10-19-11(2)9-17-3/h11-12,15H,5-10H2,1-4H3. The maximum atomic E-state index is 12.2. The summed E-state index contributed by atoms with van der Waals surface area (Å²) in [6.07, 6.45) is 3.04. The summed E-state index contributed by atoms with van der Waals surface area (Å²) in [5.41, 5.74) is -0.688. The first-order valence-electron chi connectivity index (χ1n) is 7.04. The van der Waals surface area contributed by atoms with Crippen molar-refractivity contribution in [2.75, 3.05) is 34.0 Å². The van der Waals surface area contributed by atoms with E-state index in [0.29, 0.717) is 19.1 Å². The molecular weight excluding hydrogens is 246 g/mol. The molecule has 0 spiro atoms. The number of ether oxygens (including phenoxy) is 3. The Morgan fingerprint density at radius 2 is 2.11 bits per heavy atom. The van der Waals surface area contributed by atoms with Crippen molar-refractivity contribution in [2.24, 2.45) is 5.92 Å². The predicted octanol–water partition coefficient (Wildman–Crippen LogP) is 1.36. The highest BCUT2D eigenvalue weighted by Crippen LogP contribution is 2.41. The van der Waals surface area contributed by atoms with Gasteiger partial charge < -0.3 is 14.2 Å². The van der Waals surface area contributed by atoms with Crippen LogP contribution in [-0.4, -0.2) is 51.6 Å². The molecule has 0 bridgehead atoms. The van der Waals surface area contributed by atoms with Gasteiger partial charge >= 0.3 is 5.97 Å². The van der Waals surface area contributed by atoms with Crippen LogP contribution in [-0.2, 0) is 19.0 Å². The fourth-order valence-corrected chi connectivity index (χ4v) is 2.27. The molecule has 0 aromatic carbocycles. The zero-order valence-electron chi connectivity index (χ0n) is 12.5. The Kier molecular flexibility index (Phi) is 6.75. The van der Waals surface area contributed by atoms with Gasteiger partial charge in [-0.1, -0.05) is 6.92 Å². The lowest BCUT2D eigenvalue weighted by molar-refractivity contribution is -0.154. The molecule has 2 atom stereocenters. The molecule has 5 nitrogen and oxygen atoms in total. The number of rotatable bonds is 10. The van der Waals surface area contributed by atoms with Crippen LogP contribution in [0.3, 0.4) is 0 Å². The summed E-state index contributed by atoms with van der Waals surface area (Å²) < 4.78 is 15.8. The van der Waals surface area contributed by atoms with Gasteiger partial charge in [0.1, 0.15) is 5.54 Å². The Morgan fingerprint density at radius 3 is 2.58 bits per heavy atom. The van der Waals surface area contributed by atoms with Crippen molar-refractivity contribution >= 4 is 5.97 Å². The minimum Gasteiger partial charge on any atom is -0.468 e. The van der Waals surface area contributed by atoms with Gasteiger partial charge in [-0.15, -0.1) is 0 Å². The van der Waals surface area contributed by atoms with Gasteiger partial charge in [0.15, 0.2) is 0 Å². The van der Waals surface area contributed by atoms with Crippen molar-refractivity contribution in [3.63, 3.8) is 0 Å². The molecule has 19 heavy (non-hydrogen) atoms. The minimum absolute atomic E-state index is 0.0313. The van der Waals surface area contributed by atoms with Crippen LogP contribution in [0.2, 0.25) is 0 Å². The molecule has 0 heterocycles. The number of carbonyl (C=O) groups is 1. The zero-order chi connectivity index (χ0) is 14.3. The molecule has 1 N–H and O–H groups in total. The Hall–Kier alpha value is -0.650. The van der Waals surface area contributed by atoms with Gasteiger partial charge in [0, 0.05) is 7.11 Å². The number of hydrogen-bond acceptors (Lipinski definition) is 5. The summed E-state index contributed by atoms with van der Waals surface area (Å²) in [7, 11) is 3.08. The second-order valence-corrected chi connectivity index (χ2v) is 5.24. The van der Waals surface area contributed by atoms with Gasteiger partial charge in [-0.25, -0.2) is 4.79 Å². The molecule has 2 unspecified atom stereocenters.